The van der Waals surface area contributed by atoms with Crippen molar-refractivity contribution in [3.05, 3.63) is 54.4 Å². The van der Waals surface area contributed by atoms with E-state index in [2.05, 4.69) is 51.3 Å². The summed E-state index contributed by atoms with van der Waals surface area (Å²) in [6.07, 6.45) is 3.80. The molecule has 0 unspecified atom stereocenters. The highest BCUT2D eigenvalue weighted by atomic mass is 16.5. The first-order valence-electron chi connectivity index (χ1n) is 7.72. The van der Waals surface area contributed by atoms with E-state index < -0.39 is 0 Å². The second-order valence-electron chi connectivity index (χ2n) is 5.68. The number of pyridine rings is 1. The van der Waals surface area contributed by atoms with Gasteiger partial charge in [0.05, 0.1) is 13.2 Å². The van der Waals surface area contributed by atoms with Crippen LogP contribution < -0.4 is 0 Å². The number of fused-ring (bicyclic) bond motifs is 1. The minimum atomic E-state index is 0.848. The summed E-state index contributed by atoms with van der Waals surface area (Å²) in [5.74, 6) is 0. The number of hydrogen-bond donors (Lipinski definition) is 1. The standard InChI is InChI=1S/C18H19N3O/c1-3-15(16-5-7-19-18-17(16)6-8-20-18)4-2-14(1)13-21-9-11-22-12-10-21/h1-8H,9-13H2,(H,19,20). The van der Waals surface area contributed by atoms with Gasteiger partial charge in [-0.3, -0.25) is 4.90 Å². The van der Waals surface area contributed by atoms with Gasteiger partial charge >= 0.3 is 0 Å². The summed E-state index contributed by atoms with van der Waals surface area (Å²) in [7, 11) is 0. The molecule has 4 rings (SSSR count). The van der Waals surface area contributed by atoms with Crippen molar-refractivity contribution in [1.82, 2.24) is 14.9 Å². The largest absolute Gasteiger partial charge is 0.379 e. The van der Waals surface area contributed by atoms with Crippen LogP contribution in [-0.2, 0) is 11.3 Å². The molecule has 0 bridgehead atoms. The van der Waals surface area contributed by atoms with Crippen molar-refractivity contribution < 1.29 is 4.74 Å². The molecule has 4 nitrogen and oxygen atoms in total. The number of rotatable bonds is 3. The predicted molar refractivity (Wildman–Crippen MR) is 87.6 cm³/mol. The fourth-order valence-corrected chi connectivity index (χ4v) is 3.02. The Bertz CT molecular complexity index is 757. The molecule has 3 heterocycles. The van der Waals surface area contributed by atoms with E-state index in [1.165, 1.54) is 22.1 Å². The molecule has 4 heteroatoms. The van der Waals surface area contributed by atoms with Gasteiger partial charge in [0.25, 0.3) is 0 Å². The number of nitrogens with one attached hydrogen (secondary N) is 1. The van der Waals surface area contributed by atoms with Gasteiger partial charge in [0.1, 0.15) is 5.65 Å². The molecular formula is C18H19N3O. The zero-order valence-electron chi connectivity index (χ0n) is 12.5. The topological polar surface area (TPSA) is 41.1 Å². The zero-order valence-corrected chi connectivity index (χ0v) is 12.5. The van der Waals surface area contributed by atoms with E-state index in [-0.39, 0.29) is 0 Å². The number of hydrogen-bond acceptors (Lipinski definition) is 3. The van der Waals surface area contributed by atoms with Gasteiger partial charge in [0.2, 0.25) is 0 Å². The number of ether oxygens (including phenoxy) is 1. The first-order chi connectivity index (χ1) is 10.9. The molecule has 1 fully saturated rings. The van der Waals surface area contributed by atoms with Crippen LogP contribution >= 0.6 is 0 Å². The SMILES string of the molecule is c1cc(-c2ccc(CN3CCOCC3)cc2)c2cc[nH]c2n1. The molecule has 1 N–H and O–H groups in total. The van der Waals surface area contributed by atoms with Crippen molar-refractivity contribution >= 4 is 11.0 Å². The molecule has 1 aliphatic rings. The van der Waals surface area contributed by atoms with Crippen LogP contribution in [0.3, 0.4) is 0 Å². The first kappa shape index (κ1) is 13.5. The van der Waals surface area contributed by atoms with E-state index in [9.17, 15) is 0 Å². The Morgan fingerprint density at radius 2 is 1.86 bits per heavy atom. The third-order valence-electron chi connectivity index (χ3n) is 4.24. The van der Waals surface area contributed by atoms with Gasteiger partial charge in [0, 0.05) is 37.4 Å². The molecule has 1 saturated heterocycles. The number of morpholine rings is 1. The van der Waals surface area contributed by atoms with Gasteiger partial charge < -0.3 is 9.72 Å². The molecule has 112 valence electrons. The summed E-state index contributed by atoms with van der Waals surface area (Å²) in [5.41, 5.74) is 4.75. The quantitative estimate of drug-likeness (QED) is 0.807. The highest BCUT2D eigenvalue weighted by molar-refractivity contribution is 5.92. The predicted octanol–water partition coefficient (Wildman–Crippen LogP) is 3.06. The Morgan fingerprint density at radius 1 is 1.05 bits per heavy atom. The molecule has 0 saturated carbocycles. The lowest BCUT2D eigenvalue weighted by molar-refractivity contribution is 0.0342. The van der Waals surface area contributed by atoms with Crippen LogP contribution in [0.25, 0.3) is 22.2 Å². The number of aromatic nitrogens is 2. The Hall–Kier alpha value is -2.17. The van der Waals surface area contributed by atoms with E-state index in [0.29, 0.717) is 0 Å². The molecule has 0 radical (unpaired) electrons. The van der Waals surface area contributed by atoms with E-state index in [1.807, 2.05) is 12.4 Å². The smallest absolute Gasteiger partial charge is 0.137 e. The average Bonchev–Trinajstić information content (AvgIpc) is 3.05. The summed E-state index contributed by atoms with van der Waals surface area (Å²) >= 11 is 0. The van der Waals surface area contributed by atoms with Crippen LogP contribution in [0, 0.1) is 0 Å². The Labute approximate surface area is 129 Å². The van der Waals surface area contributed by atoms with Gasteiger partial charge in [-0.25, -0.2) is 4.98 Å². The molecule has 0 atom stereocenters. The lowest BCUT2D eigenvalue weighted by atomic mass is 10.0. The molecule has 1 aliphatic heterocycles. The van der Waals surface area contributed by atoms with E-state index >= 15 is 0 Å². The summed E-state index contributed by atoms with van der Waals surface area (Å²) in [6, 6.07) is 13.0. The lowest BCUT2D eigenvalue weighted by Gasteiger charge is -2.26. The summed E-state index contributed by atoms with van der Waals surface area (Å²) in [6.45, 7) is 4.74. The number of H-pyrrole nitrogens is 1. The van der Waals surface area contributed by atoms with E-state index in [0.717, 1.165) is 38.5 Å². The van der Waals surface area contributed by atoms with Gasteiger partial charge in [0.15, 0.2) is 0 Å². The normalized spacial score (nSPS) is 16.2. The van der Waals surface area contributed by atoms with Gasteiger partial charge in [-0.05, 0) is 28.8 Å². The van der Waals surface area contributed by atoms with Crippen molar-refractivity contribution in [2.75, 3.05) is 26.3 Å². The Kier molecular flexibility index (Phi) is 3.62. The van der Waals surface area contributed by atoms with Crippen LogP contribution in [0.15, 0.2) is 48.8 Å². The maximum atomic E-state index is 5.40. The highest BCUT2D eigenvalue weighted by Gasteiger charge is 2.11. The van der Waals surface area contributed by atoms with Crippen molar-refractivity contribution in [1.29, 1.82) is 0 Å². The summed E-state index contributed by atoms with van der Waals surface area (Å²) < 4.78 is 5.40. The van der Waals surface area contributed by atoms with Gasteiger partial charge in [-0.2, -0.15) is 0 Å². The molecule has 3 aromatic rings. The van der Waals surface area contributed by atoms with Crippen molar-refractivity contribution in [3.8, 4) is 11.1 Å². The van der Waals surface area contributed by atoms with Crippen molar-refractivity contribution in [3.63, 3.8) is 0 Å². The molecule has 0 spiro atoms. The number of benzene rings is 1. The fraction of sp³-hybridized carbons (Fsp3) is 0.278. The number of aromatic amines is 1. The first-order valence-corrected chi connectivity index (χ1v) is 7.72. The third kappa shape index (κ3) is 2.63. The second-order valence-corrected chi connectivity index (χ2v) is 5.68. The van der Waals surface area contributed by atoms with E-state index in [4.69, 9.17) is 4.74 Å². The maximum Gasteiger partial charge on any atom is 0.137 e. The third-order valence-corrected chi connectivity index (χ3v) is 4.24. The summed E-state index contributed by atoms with van der Waals surface area (Å²) in [4.78, 5) is 9.95. The molecule has 1 aromatic carbocycles. The monoisotopic (exact) mass is 293 g/mol. The highest BCUT2D eigenvalue weighted by Crippen LogP contribution is 2.27. The second kappa shape index (κ2) is 5.91. The zero-order chi connectivity index (χ0) is 14.8. The summed E-state index contributed by atoms with van der Waals surface area (Å²) in [5, 5.41) is 1.17. The van der Waals surface area contributed by atoms with Crippen LogP contribution in [0.1, 0.15) is 5.56 Å². The van der Waals surface area contributed by atoms with Crippen molar-refractivity contribution in [2.45, 2.75) is 6.54 Å². The van der Waals surface area contributed by atoms with E-state index in [1.54, 1.807) is 0 Å². The van der Waals surface area contributed by atoms with Gasteiger partial charge in [-0.1, -0.05) is 24.3 Å². The van der Waals surface area contributed by atoms with Crippen LogP contribution in [0.2, 0.25) is 0 Å². The molecular weight excluding hydrogens is 274 g/mol. The molecule has 0 aliphatic carbocycles. The molecule has 0 amide bonds. The number of nitrogens with zero attached hydrogens (tertiary/aromatic N) is 2. The lowest BCUT2D eigenvalue weighted by Crippen LogP contribution is -2.35. The minimum Gasteiger partial charge on any atom is -0.379 e. The van der Waals surface area contributed by atoms with Crippen LogP contribution in [0.4, 0.5) is 0 Å². The minimum absolute atomic E-state index is 0.848. The molecule has 22 heavy (non-hydrogen) atoms. The van der Waals surface area contributed by atoms with Gasteiger partial charge in [-0.15, -0.1) is 0 Å². The fourth-order valence-electron chi connectivity index (χ4n) is 3.02. The van der Waals surface area contributed by atoms with Crippen LogP contribution in [0.5, 0.6) is 0 Å². The molecule has 2 aromatic heterocycles. The Balaban J connectivity index is 1.57. The Morgan fingerprint density at radius 3 is 2.68 bits per heavy atom. The maximum absolute atomic E-state index is 5.40. The van der Waals surface area contributed by atoms with Crippen molar-refractivity contribution in [2.24, 2.45) is 0 Å². The average molecular weight is 293 g/mol. The van der Waals surface area contributed by atoms with Crippen LogP contribution in [-0.4, -0.2) is 41.2 Å².